The average molecular weight is 357 g/mol. The van der Waals surface area contributed by atoms with E-state index >= 15 is 0 Å². The fraction of sp³-hybridized carbons (Fsp3) is 0. The Hall–Kier alpha value is -1.92. The van der Waals surface area contributed by atoms with Gasteiger partial charge in [0.15, 0.2) is 14.7 Å². The van der Waals surface area contributed by atoms with Crippen molar-refractivity contribution in [2.24, 2.45) is 0 Å². The van der Waals surface area contributed by atoms with Gasteiger partial charge in [0, 0.05) is 10.0 Å². The largest absolute Gasteiger partial charge is 0.192 e. The minimum absolute atomic E-state index is 0.268. The van der Waals surface area contributed by atoms with Gasteiger partial charge in [0.1, 0.15) is 0 Å². The molecule has 0 bridgehead atoms. The summed E-state index contributed by atoms with van der Waals surface area (Å²) in [6, 6.07) is 25.6. The highest BCUT2D eigenvalue weighted by atomic mass is 35.5. The van der Waals surface area contributed by atoms with E-state index < -0.39 is 0 Å². The maximum atomic E-state index is 8.99. The van der Waals surface area contributed by atoms with Gasteiger partial charge >= 0.3 is 0 Å². The number of halogens is 2. The quantitative estimate of drug-likeness (QED) is 0.531. The minimum Gasteiger partial charge on any atom is -0.192 e. The summed E-state index contributed by atoms with van der Waals surface area (Å²) in [5.41, 5.74) is 0.657. The van der Waals surface area contributed by atoms with Crippen LogP contribution in [-0.4, -0.2) is 0 Å². The molecule has 0 aliphatic heterocycles. The van der Waals surface area contributed by atoms with Gasteiger partial charge < -0.3 is 0 Å². The Morgan fingerprint density at radius 2 is 0.957 bits per heavy atom. The first kappa shape index (κ1) is 16.0. The molecule has 0 aromatic heterocycles. The summed E-state index contributed by atoms with van der Waals surface area (Å²) in [7, 11) is -0.268. The lowest BCUT2D eigenvalue weighted by Gasteiger charge is -2.08. The molecule has 112 valence electrons. The topological polar surface area (TPSA) is 23.8 Å². The van der Waals surface area contributed by atoms with Crippen LogP contribution in [0.1, 0.15) is 5.56 Å². The van der Waals surface area contributed by atoms with Gasteiger partial charge in [0.05, 0.1) is 22.5 Å². The van der Waals surface area contributed by atoms with E-state index in [1.54, 1.807) is 0 Å². The second-order valence-corrected chi connectivity index (χ2v) is 7.75. The van der Waals surface area contributed by atoms with Crippen LogP contribution in [0.25, 0.3) is 0 Å². The summed E-state index contributed by atoms with van der Waals surface area (Å²) < 4.78 is 0. The number of benzene rings is 3. The SMILES string of the molecule is N#Cc1ccc([S+](c2ccc(Cl)cc2)c2ccc(Cl)cc2)cc1. The smallest absolute Gasteiger partial charge is 0.166 e. The molecular weight excluding hydrogens is 345 g/mol. The van der Waals surface area contributed by atoms with Crippen molar-refractivity contribution in [2.45, 2.75) is 14.7 Å². The summed E-state index contributed by atoms with van der Waals surface area (Å²) >= 11 is 12.0. The van der Waals surface area contributed by atoms with Crippen molar-refractivity contribution in [1.82, 2.24) is 0 Å². The van der Waals surface area contributed by atoms with Crippen LogP contribution in [0.3, 0.4) is 0 Å². The molecule has 1 nitrogen and oxygen atoms in total. The predicted octanol–water partition coefficient (Wildman–Crippen LogP) is 5.96. The molecular formula is C19H12Cl2NS+. The first-order valence-corrected chi connectivity index (χ1v) is 8.91. The zero-order valence-electron chi connectivity index (χ0n) is 12.0. The minimum atomic E-state index is -0.268. The molecule has 0 saturated carbocycles. The number of hydrogen-bond acceptors (Lipinski definition) is 1. The maximum Gasteiger partial charge on any atom is 0.166 e. The van der Waals surface area contributed by atoms with E-state index in [2.05, 4.69) is 6.07 Å². The van der Waals surface area contributed by atoms with Crippen LogP contribution < -0.4 is 0 Å². The predicted molar refractivity (Wildman–Crippen MR) is 96.2 cm³/mol. The third-order valence-electron chi connectivity index (χ3n) is 3.32. The van der Waals surface area contributed by atoms with Crippen molar-refractivity contribution < 1.29 is 0 Å². The van der Waals surface area contributed by atoms with Gasteiger partial charge in [-0.3, -0.25) is 0 Å². The third-order valence-corrected chi connectivity index (χ3v) is 6.05. The summed E-state index contributed by atoms with van der Waals surface area (Å²) in [6.07, 6.45) is 0. The number of hydrogen-bond donors (Lipinski definition) is 0. The lowest BCUT2D eigenvalue weighted by Crippen LogP contribution is -2.04. The van der Waals surface area contributed by atoms with Crippen LogP contribution in [0.15, 0.2) is 87.5 Å². The van der Waals surface area contributed by atoms with Crippen LogP contribution in [0.2, 0.25) is 10.0 Å². The molecule has 0 heterocycles. The fourth-order valence-electron chi connectivity index (χ4n) is 2.22. The third kappa shape index (κ3) is 3.71. The van der Waals surface area contributed by atoms with Gasteiger partial charge in [0.25, 0.3) is 0 Å². The molecule has 0 spiro atoms. The van der Waals surface area contributed by atoms with Gasteiger partial charge in [0.2, 0.25) is 0 Å². The first-order chi connectivity index (χ1) is 11.2. The number of nitriles is 1. The zero-order chi connectivity index (χ0) is 16.2. The van der Waals surface area contributed by atoms with Crippen LogP contribution in [0.5, 0.6) is 0 Å². The van der Waals surface area contributed by atoms with Gasteiger partial charge in [-0.05, 0) is 72.8 Å². The Kier molecular flexibility index (Phi) is 4.93. The summed E-state index contributed by atoms with van der Waals surface area (Å²) in [6.45, 7) is 0. The second-order valence-electron chi connectivity index (χ2n) is 4.85. The van der Waals surface area contributed by atoms with E-state index in [9.17, 15) is 0 Å². The number of nitrogens with zero attached hydrogens (tertiary/aromatic N) is 1. The molecule has 3 aromatic rings. The van der Waals surface area contributed by atoms with E-state index in [-0.39, 0.29) is 10.9 Å². The maximum absolute atomic E-state index is 8.99. The van der Waals surface area contributed by atoms with Crippen molar-refractivity contribution in [1.29, 1.82) is 5.26 Å². The molecule has 0 N–H and O–H groups in total. The van der Waals surface area contributed by atoms with Gasteiger partial charge in [-0.1, -0.05) is 23.2 Å². The molecule has 0 fully saturated rings. The zero-order valence-corrected chi connectivity index (χ0v) is 14.4. The van der Waals surface area contributed by atoms with Gasteiger partial charge in [-0.15, -0.1) is 0 Å². The molecule has 0 amide bonds. The van der Waals surface area contributed by atoms with Crippen molar-refractivity contribution in [3.63, 3.8) is 0 Å². The van der Waals surface area contributed by atoms with Gasteiger partial charge in [-0.25, -0.2) is 0 Å². The molecule has 4 heteroatoms. The standard InChI is InChI=1S/C19H12Cl2NS/c20-15-3-9-18(10-4-15)23(19-11-5-16(21)6-12-19)17-7-1-14(13-22)2-8-17/h1-12H/q+1. The molecule has 0 saturated heterocycles. The van der Waals surface area contributed by atoms with Crippen molar-refractivity contribution in [2.75, 3.05) is 0 Å². The number of rotatable bonds is 3. The van der Waals surface area contributed by atoms with E-state index in [4.69, 9.17) is 28.5 Å². The molecule has 0 atom stereocenters. The second kappa shape index (κ2) is 7.10. The molecule has 3 rings (SSSR count). The Morgan fingerprint density at radius 3 is 1.30 bits per heavy atom. The highest BCUT2D eigenvalue weighted by molar-refractivity contribution is 7.97. The Labute approximate surface area is 148 Å². The van der Waals surface area contributed by atoms with E-state index in [0.717, 1.165) is 4.90 Å². The highest BCUT2D eigenvalue weighted by Gasteiger charge is 2.28. The summed E-state index contributed by atoms with van der Waals surface area (Å²) in [5.74, 6) is 0. The molecule has 0 aliphatic rings. The fourth-order valence-corrected chi connectivity index (χ4v) is 4.51. The molecule has 3 aromatic carbocycles. The molecule has 0 unspecified atom stereocenters. The lowest BCUT2D eigenvalue weighted by atomic mass is 10.2. The van der Waals surface area contributed by atoms with Crippen LogP contribution in [-0.2, 0) is 10.9 Å². The summed E-state index contributed by atoms with van der Waals surface area (Å²) in [4.78, 5) is 3.48. The van der Waals surface area contributed by atoms with Crippen LogP contribution >= 0.6 is 23.2 Å². The molecule has 0 radical (unpaired) electrons. The Bertz CT molecular complexity index is 789. The Balaban J connectivity index is 2.10. The van der Waals surface area contributed by atoms with E-state index in [1.807, 2.05) is 72.8 Å². The Morgan fingerprint density at radius 1 is 0.609 bits per heavy atom. The lowest BCUT2D eigenvalue weighted by molar-refractivity contribution is 1.31. The first-order valence-electron chi connectivity index (χ1n) is 6.93. The van der Waals surface area contributed by atoms with Crippen molar-refractivity contribution in [3.05, 3.63) is 88.4 Å². The van der Waals surface area contributed by atoms with E-state index in [1.165, 1.54) is 9.79 Å². The highest BCUT2D eigenvalue weighted by Crippen LogP contribution is 2.32. The molecule has 23 heavy (non-hydrogen) atoms. The summed E-state index contributed by atoms with van der Waals surface area (Å²) in [5, 5.41) is 10.4. The monoisotopic (exact) mass is 356 g/mol. The van der Waals surface area contributed by atoms with Crippen molar-refractivity contribution >= 4 is 34.1 Å². The van der Waals surface area contributed by atoms with Crippen molar-refractivity contribution in [3.8, 4) is 6.07 Å². The molecule has 0 aliphatic carbocycles. The average Bonchev–Trinajstić information content (AvgIpc) is 2.59. The van der Waals surface area contributed by atoms with Crippen LogP contribution in [0, 0.1) is 11.3 Å². The van der Waals surface area contributed by atoms with E-state index in [0.29, 0.717) is 15.6 Å². The normalized spacial score (nSPS) is 10.5. The van der Waals surface area contributed by atoms with Crippen LogP contribution in [0.4, 0.5) is 0 Å². The van der Waals surface area contributed by atoms with Gasteiger partial charge in [-0.2, -0.15) is 5.26 Å².